The third-order valence-corrected chi connectivity index (χ3v) is 4.36. The molecular weight excluding hydrogens is 366 g/mol. The molecule has 0 aliphatic heterocycles. The third kappa shape index (κ3) is 4.27. The van der Waals surface area contributed by atoms with E-state index in [-0.39, 0.29) is 18.6 Å². The first-order valence-electron chi connectivity index (χ1n) is 9.44. The molecule has 1 heterocycles. The van der Waals surface area contributed by atoms with Crippen LogP contribution in [0.1, 0.15) is 13.8 Å². The van der Waals surface area contributed by atoms with Crippen molar-refractivity contribution in [1.29, 1.82) is 0 Å². The molecule has 0 radical (unpaired) electrons. The highest BCUT2D eigenvalue weighted by Gasteiger charge is 2.14. The molecule has 0 fully saturated rings. The average Bonchev–Trinajstić information content (AvgIpc) is 3.22. The van der Waals surface area contributed by atoms with Crippen molar-refractivity contribution in [2.24, 2.45) is 0 Å². The Morgan fingerprint density at radius 1 is 1.07 bits per heavy atom. The van der Waals surface area contributed by atoms with Crippen LogP contribution in [0.25, 0.3) is 33.6 Å². The second kappa shape index (κ2) is 8.14. The molecule has 0 spiro atoms. The molecule has 4 rings (SSSR count). The lowest BCUT2D eigenvalue weighted by molar-refractivity contribution is -0.123. The predicted octanol–water partition coefficient (Wildman–Crippen LogP) is 4.46. The lowest BCUT2D eigenvalue weighted by Crippen LogP contribution is -2.34. The average molecular weight is 387 g/mol. The minimum absolute atomic E-state index is 0.0465. The largest absolute Gasteiger partial charge is 0.484 e. The molecule has 6 nitrogen and oxygen atoms in total. The van der Waals surface area contributed by atoms with Crippen LogP contribution in [0, 0.1) is 0 Å². The Balaban J connectivity index is 1.56. The van der Waals surface area contributed by atoms with Crippen LogP contribution in [0.2, 0.25) is 0 Å². The molecule has 0 bridgehead atoms. The quantitative estimate of drug-likeness (QED) is 0.528. The van der Waals surface area contributed by atoms with E-state index in [0.717, 1.165) is 21.9 Å². The lowest BCUT2D eigenvalue weighted by Gasteiger charge is -2.10. The molecule has 3 aromatic carbocycles. The summed E-state index contributed by atoms with van der Waals surface area (Å²) >= 11 is 0. The first kappa shape index (κ1) is 18.7. The molecule has 0 saturated carbocycles. The van der Waals surface area contributed by atoms with E-state index in [4.69, 9.17) is 9.26 Å². The van der Waals surface area contributed by atoms with Crippen LogP contribution >= 0.6 is 0 Å². The van der Waals surface area contributed by atoms with Gasteiger partial charge in [-0.2, -0.15) is 4.98 Å². The molecule has 0 atom stereocenters. The maximum atomic E-state index is 11.8. The van der Waals surface area contributed by atoms with Crippen molar-refractivity contribution in [3.05, 3.63) is 66.7 Å². The molecular formula is C23H21N3O3. The van der Waals surface area contributed by atoms with Gasteiger partial charge in [-0.25, -0.2) is 0 Å². The molecule has 0 aliphatic carbocycles. The molecule has 4 aromatic rings. The number of hydrogen-bond donors (Lipinski definition) is 1. The monoisotopic (exact) mass is 387 g/mol. The maximum absolute atomic E-state index is 11.8. The molecule has 1 aromatic heterocycles. The van der Waals surface area contributed by atoms with Gasteiger partial charge in [-0.1, -0.05) is 53.7 Å². The Morgan fingerprint density at radius 2 is 1.86 bits per heavy atom. The summed E-state index contributed by atoms with van der Waals surface area (Å²) in [5, 5.41) is 9.08. The van der Waals surface area contributed by atoms with E-state index in [0.29, 0.717) is 17.5 Å². The summed E-state index contributed by atoms with van der Waals surface area (Å²) in [5.41, 5.74) is 1.64. The Morgan fingerprint density at radius 3 is 2.72 bits per heavy atom. The Hall–Kier alpha value is -3.67. The van der Waals surface area contributed by atoms with Crippen molar-refractivity contribution in [3.8, 4) is 28.6 Å². The number of benzene rings is 3. The number of nitrogens with one attached hydrogen (secondary N) is 1. The van der Waals surface area contributed by atoms with Crippen LogP contribution in [0.5, 0.6) is 5.75 Å². The van der Waals surface area contributed by atoms with E-state index >= 15 is 0 Å². The van der Waals surface area contributed by atoms with Crippen LogP contribution in [-0.2, 0) is 4.79 Å². The number of rotatable bonds is 6. The first-order valence-corrected chi connectivity index (χ1v) is 9.44. The van der Waals surface area contributed by atoms with Gasteiger partial charge in [0, 0.05) is 17.2 Å². The van der Waals surface area contributed by atoms with Crippen molar-refractivity contribution in [1.82, 2.24) is 15.5 Å². The van der Waals surface area contributed by atoms with Gasteiger partial charge >= 0.3 is 0 Å². The smallest absolute Gasteiger partial charge is 0.258 e. The highest BCUT2D eigenvalue weighted by molar-refractivity contribution is 5.94. The summed E-state index contributed by atoms with van der Waals surface area (Å²) in [6.45, 7) is 3.76. The Kier molecular flexibility index (Phi) is 5.24. The van der Waals surface area contributed by atoms with E-state index in [2.05, 4.69) is 15.5 Å². The lowest BCUT2D eigenvalue weighted by atomic mass is 10.0. The zero-order chi connectivity index (χ0) is 20.2. The van der Waals surface area contributed by atoms with Crippen LogP contribution in [-0.4, -0.2) is 28.7 Å². The number of aromatic nitrogens is 2. The van der Waals surface area contributed by atoms with Gasteiger partial charge in [0.1, 0.15) is 5.75 Å². The Labute approximate surface area is 168 Å². The summed E-state index contributed by atoms with van der Waals surface area (Å²) < 4.78 is 11.1. The molecule has 0 saturated heterocycles. The van der Waals surface area contributed by atoms with Gasteiger partial charge in [0.2, 0.25) is 5.82 Å². The molecule has 1 N–H and O–H groups in total. The minimum atomic E-state index is -0.164. The van der Waals surface area contributed by atoms with Crippen molar-refractivity contribution >= 4 is 16.7 Å². The van der Waals surface area contributed by atoms with E-state index in [1.807, 2.05) is 68.4 Å². The topological polar surface area (TPSA) is 77.2 Å². The predicted molar refractivity (Wildman–Crippen MR) is 111 cm³/mol. The SMILES string of the molecule is CC(C)NC(=O)COc1cccc(-c2noc(-c3cccc4ccccc34)n2)c1. The van der Waals surface area contributed by atoms with Crippen LogP contribution in [0.15, 0.2) is 71.3 Å². The van der Waals surface area contributed by atoms with Crippen molar-refractivity contribution < 1.29 is 14.1 Å². The number of carbonyl (C=O) groups excluding carboxylic acids is 1. The van der Waals surface area contributed by atoms with Gasteiger partial charge in [0.25, 0.3) is 11.8 Å². The number of amides is 1. The van der Waals surface area contributed by atoms with E-state index < -0.39 is 0 Å². The van der Waals surface area contributed by atoms with Gasteiger partial charge < -0.3 is 14.6 Å². The van der Waals surface area contributed by atoms with Gasteiger partial charge in [-0.05, 0) is 42.8 Å². The zero-order valence-electron chi connectivity index (χ0n) is 16.3. The van der Waals surface area contributed by atoms with E-state index in [1.165, 1.54) is 0 Å². The fourth-order valence-electron chi connectivity index (χ4n) is 3.10. The number of ether oxygens (including phenoxy) is 1. The normalized spacial score (nSPS) is 11.0. The second-order valence-corrected chi connectivity index (χ2v) is 6.99. The highest BCUT2D eigenvalue weighted by Crippen LogP contribution is 2.29. The van der Waals surface area contributed by atoms with Crippen LogP contribution < -0.4 is 10.1 Å². The van der Waals surface area contributed by atoms with Gasteiger partial charge in [0.15, 0.2) is 6.61 Å². The van der Waals surface area contributed by atoms with Crippen LogP contribution in [0.4, 0.5) is 0 Å². The summed E-state index contributed by atoms with van der Waals surface area (Å²) in [4.78, 5) is 16.3. The first-order chi connectivity index (χ1) is 14.1. The van der Waals surface area contributed by atoms with E-state index in [9.17, 15) is 4.79 Å². The summed E-state index contributed by atoms with van der Waals surface area (Å²) in [6, 6.07) is 21.4. The van der Waals surface area contributed by atoms with Gasteiger partial charge in [-0.3, -0.25) is 4.79 Å². The van der Waals surface area contributed by atoms with Crippen LogP contribution in [0.3, 0.4) is 0 Å². The highest BCUT2D eigenvalue weighted by atomic mass is 16.5. The van der Waals surface area contributed by atoms with Gasteiger partial charge in [-0.15, -0.1) is 0 Å². The standard InChI is InChI=1S/C23H21N3O3/c1-15(2)24-21(27)14-28-18-10-5-9-17(13-18)22-25-23(29-26-22)20-12-6-8-16-7-3-4-11-19(16)20/h3-13,15H,14H2,1-2H3,(H,24,27). The molecule has 29 heavy (non-hydrogen) atoms. The maximum Gasteiger partial charge on any atom is 0.258 e. The number of nitrogens with zero attached hydrogens (tertiary/aromatic N) is 2. The van der Waals surface area contributed by atoms with Gasteiger partial charge in [0.05, 0.1) is 0 Å². The number of hydrogen-bond acceptors (Lipinski definition) is 5. The number of fused-ring (bicyclic) bond motifs is 1. The van der Waals surface area contributed by atoms with E-state index in [1.54, 1.807) is 12.1 Å². The summed E-state index contributed by atoms with van der Waals surface area (Å²) in [7, 11) is 0. The third-order valence-electron chi connectivity index (χ3n) is 4.36. The summed E-state index contributed by atoms with van der Waals surface area (Å²) in [5.74, 6) is 1.32. The molecule has 0 unspecified atom stereocenters. The fourth-order valence-corrected chi connectivity index (χ4v) is 3.10. The molecule has 1 amide bonds. The Bertz CT molecular complexity index is 1150. The second-order valence-electron chi connectivity index (χ2n) is 6.99. The molecule has 146 valence electrons. The minimum Gasteiger partial charge on any atom is -0.484 e. The van der Waals surface area contributed by atoms with Crippen molar-refractivity contribution in [2.75, 3.05) is 6.61 Å². The number of carbonyl (C=O) groups is 1. The fraction of sp³-hybridized carbons (Fsp3) is 0.174. The van der Waals surface area contributed by atoms with Crippen molar-refractivity contribution in [3.63, 3.8) is 0 Å². The zero-order valence-corrected chi connectivity index (χ0v) is 16.3. The van der Waals surface area contributed by atoms with Crippen molar-refractivity contribution in [2.45, 2.75) is 19.9 Å². The summed E-state index contributed by atoms with van der Waals surface area (Å²) in [6.07, 6.45) is 0. The molecule has 6 heteroatoms. The molecule has 0 aliphatic rings.